The summed E-state index contributed by atoms with van der Waals surface area (Å²) in [6.45, 7) is 6.16. The molecule has 1 aromatic heterocycles. The van der Waals surface area contributed by atoms with Crippen molar-refractivity contribution in [2.45, 2.75) is 51.5 Å². The topological polar surface area (TPSA) is 39.8 Å². The fourth-order valence-electron chi connectivity index (χ4n) is 2.05. The van der Waals surface area contributed by atoms with E-state index in [9.17, 15) is 4.79 Å². The predicted molar refractivity (Wildman–Crippen MR) is 59.1 cm³/mol. The Hall–Kier alpha value is -1.06. The van der Waals surface area contributed by atoms with E-state index in [0.29, 0.717) is 5.92 Å². The number of aromatic nitrogens is 3. The van der Waals surface area contributed by atoms with Gasteiger partial charge in [-0.15, -0.1) is 0 Å². The minimum atomic E-state index is -0.170. The summed E-state index contributed by atoms with van der Waals surface area (Å²) in [5, 5.41) is 4.37. The lowest BCUT2D eigenvalue weighted by Crippen LogP contribution is -2.36. The second kappa shape index (κ2) is 3.22. The molecule has 2 rings (SSSR count). The lowest BCUT2D eigenvalue weighted by molar-refractivity contribution is 0.323. The number of nitrogens with zero attached hydrogens (tertiary/aromatic N) is 3. The van der Waals surface area contributed by atoms with Gasteiger partial charge in [0.25, 0.3) is 0 Å². The highest BCUT2D eigenvalue weighted by Gasteiger charge is 2.30. The van der Waals surface area contributed by atoms with E-state index in [2.05, 4.69) is 25.9 Å². The Bertz CT molecular complexity index is 418. The first-order valence-electron chi connectivity index (χ1n) is 5.57. The minimum absolute atomic E-state index is 0.00407. The highest BCUT2D eigenvalue weighted by molar-refractivity contribution is 5.04. The van der Waals surface area contributed by atoms with Gasteiger partial charge in [0.2, 0.25) is 0 Å². The zero-order chi connectivity index (χ0) is 11.2. The summed E-state index contributed by atoms with van der Waals surface area (Å²) in [6.07, 6.45) is 3.61. The molecule has 1 heterocycles. The van der Waals surface area contributed by atoms with E-state index in [1.54, 1.807) is 7.05 Å². The molecule has 1 fully saturated rings. The van der Waals surface area contributed by atoms with Crippen molar-refractivity contribution in [1.29, 1.82) is 0 Å². The van der Waals surface area contributed by atoms with Crippen LogP contribution in [0.2, 0.25) is 0 Å². The van der Waals surface area contributed by atoms with Gasteiger partial charge in [-0.25, -0.2) is 9.48 Å². The number of hydrogen-bond acceptors (Lipinski definition) is 2. The smallest absolute Gasteiger partial charge is 0.273 e. The second-order valence-corrected chi connectivity index (χ2v) is 5.40. The van der Waals surface area contributed by atoms with Crippen molar-refractivity contribution in [3.63, 3.8) is 0 Å². The zero-order valence-electron chi connectivity index (χ0n) is 9.95. The number of hydrogen-bond donors (Lipinski definition) is 0. The minimum Gasteiger partial charge on any atom is -0.273 e. The molecule has 0 unspecified atom stereocenters. The van der Waals surface area contributed by atoms with Gasteiger partial charge in [-0.1, -0.05) is 6.42 Å². The summed E-state index contributed by atoms with van der Waals surface area (Å²) < 4.78 is 3.30. The molecule has 1 saturated carbocycles. The van der Waals surface area contributed by atoms with Crippen LogP contribution in [0.1, 0.15) is 51.8 Å². The van der Waals surface area contributed by atoms with Crippen LogP contribution < -0.4 is 5.69 Å². The highest BCUT2D eigenvalue weighted by Crippen LogP contribution is 2.36. The van der Waals surface area contributed by atoms with Crippen molar-refractivity contribution in [3.8, 4) is 0 Å². The zero-order valence-corrected chi connectivity index (χ0v) is 9.95. The van der Waals surface area contributed by atoms with Gasteiger partial charge in [-0.3, -0.25) is 4.57 Å². The highest BCUT2D eigenvalue weighted by atomic mass is 16.2. The van der Waals surface area contributed by atoms with Crippen LogP contribution in [-0.4, -0.2) is 14.3 Å². The van der Waals surface area contributed by atoms with E-state index >= 15 is 0 Å². The molecule has 0 aromatic carbocycles. The Morgan fingerprint density at radius 3 is 2.33 bits per heavy atom. The molecule has 15 heavy (non-hydrogen) atoms. The second-order valence-electron chi connectivity index (χ2n) is 5.40. The van der Waals surface area contributed by atoms with Crippen molar-refractivity contribution >= 4 is 0 Å². The average molecular weight is 209 g/mol. The van der Waals surface area contributed by atoms with E-state index in [0.717, 1.165) is 5.82 Å². The van der Waals surface area contributed by atoms with Gasteiger partial charge in [0.1, 0.15) is 5.82 Å². The first kappa shape index (κ1) is 10.5. The van der Waals surface area contributed by atoms with Gasteiger partial charge in [0, 0.05) is 18.5 Å². The lowest BCUT2D eigenvalue weighted by atomic mass is 9.84. The molecule has 0 aliphatic heterocycles. The van der Waals surface area contributed by atoms with Gasteiger partial charge in [0.15, 0.2) is 0 Å². The molecule has 1 aliphatic carbocycles. The van der Waals surface area contributed by atoms with E-state index in [1.165, 1.54) is 23.9 Å². The average Bonchev–Trinajstić information content (AvgIpc) is 2.22. The molecule has 0 atom stereocenters. The maximum atomic E-state index is 11.9. The molecule has 0 amide bonds. The Kier molecular flexibility index (Phi) is 2.24. The largest absolute Gasteiger partial charge is 0.346 e. The standard InChI is InChI=1S/C11H19N3O/c1-11(2,3)14-9(8-6-5-7-8)12-13(4)10(14)15/h8H,5-7H2,1-4H3. The molecule has 0 radical (unpaired) electrons. The first-order chi connectivity index (χ1) is 6.91. The van der Waals surface area contributed by atoms with Crippen LogP contribution in [0.25, 0.3) is 0 Å². The summed E-state index contributed by atoms with van der Waals surface area (Å²) >= 11 is 0. The summed E-state index contributed by atoms with van der Waals surface area (Å²) in [5.74, 6) is 1.47. The third-order valence-corrected chi connectivity index (χ3v) is 3.09. The quantitative estimate of drug-likeness (QED) is 0.705. The van der Waals surface area contributed by atoms with Crippen LogP contribution in [0, 0.1) is 0 Å². The van der Waals surface area contributed by atoms with Crippen LogP contribution in [0.3, 0.4) is 0 Å². The third kappa shape index (κ3) is 1.62. The summed E-state index contributed by atoms with van der Waals surface area (Å²) in [7, 11) is 1.73. The van der Waals surface area contributed by atoms with Gasteiger partial charge in [-0.2, -0.15) is 5.10 Å². The van der Waals surface area contributed by atoms with E-state index in [1.807, 2.05) is 4.57 Å². The Morgan fingerprint density at radius 1 is 1.33 bits per heavy atom. The van der Waals surface area contributed by atoms with Crippen molar-refractivity contribution in [2.75, 3.05) is 0 Å². The Labute approximate surface area is 89.9 Å². The van der Waals surface area contributed by atoms with Crippen LogP contribution >= 0.6 is 0 Å². The van der Waals surface area contributed by atoms with Crippen molar-refractivity contribution in [2.24, 2.45) is 7.05 Å². The van der Waals surface area contributed by atoms with Crippen LogP contribution in [0.4, 0.5) is 0 Å². The fraction of sp³-hybridized carbons (Fsp3) is 0.818. The molecule has 1 aliphatic rings. The van der Waals surface area contributed by atoms with Gasteiger partial charge >= 0.3 is 5.69 Å². The molecule has 0 bridgehead atoms. The van der Waals surface area contributed by atoms with Crippen LogP contribution in [0.15, 0.2) is 4.79 Å². The Morgan fingerprint density at radius 2 is 1.93 bits per heavy atom. The first-order valence-corrected chi connectivity index (χ1v) is 5.57. The fourth-order valence-corrected chi connectivity index (χ4v) is 2.05. The van der Waals surface area contributed by atoms with Gasteiger partial charge < -0.3 is 0 Å². The molecule has 1 aromatic rings. The van der Waals surface area contributed by atoms with Crippen LogP contribution in [-0.2, 0) is 12.6 Å². The van der Waals surface area contributed by atoms with Gasteiger partial charge in [-0.05, 0) is 33.6 Å². The molecule has 0 N–H and O–H groups in total. The molecule has 0 spiro atoms. The summed E-state index contributed by atoms with van der Waals surface area (Å²) in [6, 6.07) is 0. The molecular formula is C11H19N3O. The maximum Gasteiger partial charge on any atom is 0.346 e. The van der Waals surface area contributed by atoms with Crippen molar-refractivity contribution in [1.82, 2.24) is 14.3 Å². The maximum absolute atomic E-state index is 11.9. The summed E-state index contributed by atoms with van der Waals surface area (Å²) in [5.41, 5.74) is -0.166. The lowest BCUT2D eigenvalue weighted by Gasteiger charge is -2.29. The molecule has 4 heteroatoms. The predicted octanol–water partition coefficient (Wildman–Crippen LogP) is 1.60. The van der Waals surface area contributed by atoms with Crippen molar-refractivity contribution < 1.29 is 0 Å². The monoisotopic (exact) mass is 209 g/mol. The molecular weight excluding hydrogens is 190 g/mol. The SMILES string of the molecule is Cn1nc(C2CCC2)n(C(C)(C)C)c1=O. The van der Waals surface area contributed by atoms with Crippen molar-refractivity contribution in [3.05, 3.63) is 16.3 Å². The van der Waals surface area contributed by atoms with Gasteiger partial charge in [0.05, 0.1) is 0 Å². The molecule has 4 nitrogen and oxygen atoms in total. The van der Waals surface area contributed by atoms with Crippen LogP contribution in [0.5, 0.6) is 0 Å². The summed E-state index contributed by atoms with van der Waals surface area (Å²) in [4.78, 5) is 11.9. The van der Waals surface area contributed by atoms with E-state index < -0.39 is 0 Å². The molecule has 84 valence electrons. The van der Waals surface area contributed by atoms with E-state index in [4.69, 9.17) is 0 Å². The normalized spacial score (nSPS) is 17.9. The number of aryl methyl sites for hydroxylation is 1. The van der Waals surface area contributed by atoms with E-state index in [-0.39, 0.29) is 11.2 Å². The Balaban J connectivity index is 2.54. The third-order valence-electron chi connectivity index (χ3n) is 3.09. The molecule has 0 saturated heterocycles. The number of rotatable bonds is 1.